The van der Waals surface area contributed by atoms with Gasteiger partial charge in [0.1, 0.15) is 5.82 Å². The molecule has 0 aliphatic heterocycles. The number of rotatable bonds is 4. The van der Waals surface area contributed by atoms with Crippen LogP contribution in [0.4, 0.5) is 10.1 Å². The van der Waals surface area contributed by atoms with Gasteiger partial charge in [-0.15, -0.1) is 0 Å². The van der Waals surface area contributed by atoms with E-state index in [1.54, 1.807) is 13.0 Å². The summed E-state index contributed by atoms with van der Waals surface area (Å²) in [6.07, 6.45) is -0.923. The number of hydrogen-bond donors (Lipinski definition) is 3. The summed E-state index contributed by atoms with van der Waals surface area (Å²) in [6.45, 7) is 1.46. The molecule has 1 unspecified atom stereocenters. The molecule has 17 heavy (non-hydrogen) atoms. The van der Waals surface area contributed by atoms with Crippen LogP contribution in [0.1, 0.15) is 5.69 Å². The number of hydrogen-bond acceptors (Lipinski definition) is 5. The number of aryl methyl sites for hydroxylation is 1. The third-order valence-electron chi connectivity index (χ3n) is 2.48. The Hall–Kier alpha value is -1.66. The van der Waals surface area contributed by atoms with Crippen molar-refractivity contribution >= 4 is 16.7 Å². The largest absolute Gasteiger partial charge is 0.394 e. The SMILES string of the molecule is Cc1noc2cc(F)c(NCC(O)CO)cc12. The van der Waals surface area contributed by atoms with E-state index in [9.17, 15) is 9.50 Å². The zero-order valence-electron chi connectivity index (χ0n) is 9.27. The van der Waals surface area contributed by atoms with E-state index in [1.807, 2.05) is 0 Å². The van der Waals surface area contributed by atoms with Gasteiger partial charge >= 0.3 is 0 Å². The first kappa shape index (κ1) is 11.8. The van der Waals surface area contributed by atoms with Crippen molar-refractivity contribution < 1.29 is 19.1 Å². The van der Waals surface area contributed by atoms with Crippen LogP contribution >= 0.6 is 0 Å². The summed E-state index contributed by atoms with van der Waals surface area (Å²) in [5.41, 5.74) is 1.30. The monoisotopic (exact) mass is 240 g/mol. The lowest BCUT2D eigenvalue weighted by Crippen LogP contribution is -2.23. The van der Waals surface area contributed by atoms with Crippen molar-refractivity contribution in [1.82, 2.24) is 5.16 Å². The molecule has 2 aromatic rings. The predicted molar refractivity (Wildman–Crippen MR) is 60.3 cm³/mol. The summed E-state index contributed by atoms with van der Waals surface area (Å²) >= 11 is 0. The van der Waals surface area contributed by atoms with Crippen LogP contribution in [0.5, 0.6) is 0 Å². The Balaban J connectivity index is 2.27. The normalized spacial score (nSPS) is 12.9. The zero-order valence-corrected chi connectivity index (χ0v) is 9.27. The molecule has 0 amide bonds. The highest BCUT2D eigenvalue weighted by Crippen LogP contribution is 2.25. The Labute approximate surface area is 96.8 Å². The van der Waals surface area contributed by atoms with Gasteiger partial charge in [-0.1, -0.05) is 5.16 Å². The molecule has 2 rings (SSSR count). The molecule has 6 heteroatoms. The van der Waals surface area contributed by atoms with Gasteiger partial charge in [-0.2, -0.15) is 0 Å². The number of aromatic nitrogens is 1. The summed E-state index contributed by atoms with van der Waals surface area (Å²) in [7, 11) is 0. The first-order valence-electron chi connectivity index (χ1n) is 5.20. The van der Waals surface area contributed by atoms with E-state index in [0.29, 0.717) is 16.7 Å². The molecule has 3 N–H and O–H groups in total. The molecule has 0 bridgehead atoms. The summed E-state index contributed by atoms with van der Waals surface area (Å²) in [6, 6.07) is 2.81. The molecular formula is C11H13FN2O3. The number of aliphatic hydroxyl groups excluding tert-OH is 2. The molecule has 1 aromatic heterocycles. The van der Waals surface area contributed by atoms with Crippen molar-refractivity contribution in [3.05, 3.63) is 23.6 Å². The lowest BCUT2D eigenvalue weighted by atomic mass is 10.2. The summed E-state index contributed by atoms with van der Waals surface area (Å²) < 4.78 is 18.5. The Morgan fingerprint density at radius 3 is 3.00 bits per heavy atom. The van der Waals surface area contributed by atoms with Gasteiger partial charge < -0.3 is 20.1 Å². The van der Waals surface area contributed by atoms with Crippen LogP contribution in [0.3, 0.4) is 0 Å². The molecule has 1 heterocycles. The van der Waals surface area contributed by atoms with Crippen LogP contribution in [0, 0.1) is 12.7 Å². The molecule has 5 nitrogen and oxygen atoms in total. The maximum Gasteiger partial charge on any atom is 0.170 e. The first-order chi connectivity index (χ1) is 8.11. The van der Waals surface area contributed by atoms with Crippen LogP contribution < -0.4 is 5.32 Å². The Morgan fingerprint density at radius 1 is 1.53 bits per heavy atom. The van der Waals surface area contributed by atoms with E-state index < -0.39 is 11.9 Å². The number of anilines is 1. The van der Waals surface area contributed by atoms with Crippen LogP contribution in [0.2, 0.25) is 0 Å². The van der Waals surface area contributed by atoms with Crippen LogP contribution in [-0.2, 0) is 0 Å². The Bertz CT molecular complexity index is 527. The lowest BCUT2D eigenvalue weighted by Gasteiger charge is -2.10. The average Bonchev–Trinajstić information content (AvgIpc) is 2.67. The molecule has 1 aromatic carbocycles. The lowest BCUT2D eigenvalue weighted by molar-refractivity contribution is 0.105. The Kier molecular flexibility index (Phi) is 3.26. The van der Waals surface area contributed by atoms with Gasteiger partial charge in [0.25, 0.3) is 0 Å². The first-order valence-corrected chi connectivity index (χ1v) is 5.20. The fourth-order valence-electron chi connectivity index (χ4n) is 1.51. The predicted octanol–water partition coefficient (Wildman–Crippen LogP) is 1.04. The van der Waals surface area contributed by atoms with Gasteiger partial charge in [-0.3, -0.25) is 0 Å². The van der Waals surface area contributed by atoms with Crippen molar-refractivity contribution in [2.45, 2.75) is 13.0 Å². The van der Waals surface area contributed by atoms with E-state index in [-0.39, 0.29) is 18.8 Å². The zero-order chi connectivity index (χ0) is 12.4. The van der Waals surface area contributed by atoms with Crippen molar-refractivity contribution in [3.8, 4) is 0 Å². The van der Waals surface area contributed by atoms with Crippen molar-refractivity contribution in [3.63, 3.8) is 0 Å². The fourth-order valence-corrected chi connectivity index (χ4v) is 1.51. The molecule has 0 fully saturated rings. The molecule has 0 saturated carbocycles. The van der Waals surface area contributed by atoms with E-state index in [0.717, 1.165) is 0 Å². The second kappa shape index (κ2) is 4.68. The van der Waals surface area contributed by atoms with Gasteiger partial charge in [0.2, 0.25) is 0 Å². The minimum atomic E-state index is -0.923. The van der Waals surface area contributed by atoms with Gasteiger partial charge in [0, 0.05) is 18.0 Å². The number of nitrogens with one attached hydrogen (secondary N) is 1. The van der Waals surface area contributed by atoms with Gasteiger partial charge in [0.05, 0.1) is 24.1 Å². The number of aliphatic hydroxyl groups is 2. The molecule has 0 radical (unpaired) electrons. The third kappa shape index (κ3) is 2.37. The summed E-state index contributed by atoms with van der Waals surface area (Å²) in [4.78, 5) is 0. The maximum atomic E-state index is 13.6. The molecular weight excluding hydrogens is 227 g/mol. The van der Waals surface area contributed by atoms with Gasteiger partial charge in [0.15, 0.2) is 5.58 Å². The fraction of sp³-hybridized carbons (Fsp3) is 0.364. The van der Waals surface area contributed by atoms with Gasteiger partial charge in [-0.25, -0.2) is 4.39 Å². The molecule has 0 aliphatic carbocycles. The quantitative estimate of drug-likeness (QED) is 0.744. The highest BCUT2D eigenvalue weighted by atomic mass is 19.1. The maximum absolute atomic E-state index is 13.6. The minimum Gasteiger partial charge on any atom is -0.394 e. The van der Waals surface area contributed by atoms with Crippen molar-refractivity contribution in [1.29, 1.82) is 0 Å². The third-order valence-corrected chi connectivity index (χ3v) is 2.48. The van der Waals surface area contributed by atoms with E-state index in [1.165, 1.54) is 6.07 Å². The topological polar surface area (TPSA) is 78.5 Å². The number of nitrogens with zero attached hydrogens (tertiary/aromatic N) is 1. The summed E-state index contributed by atoms with van der Waals surface area (Å²) in [5.74, 6) is -0.487. The van der Waals surface area contributed by atoms with Crippen molar-refractivity contribution in [2.75, 3.05) is 18.5 Å². The van der Waals surface area contributed by atoms with Crippen LogP contribution in [0.25, 0.3) is 11.0 Å². The number of halogens is 1. The molecule has 0 spiro atoms. The van der Waals surface area contributed by atoms with E-state index >= 15 is 0 Å². The second-order valence-electron chi connectivity index (χ2n) is 3.81. The highest BCUT2D eigenvalue weighted by Gasteiger charge is 2.11. The summed E-state index contributed by atoms with van der Waals surface area (Å²) in [5, 5.41) is 25.0. The smallest absolute Gasteiger partial charge is 0.170 e. The molecule has 92 valence electrons. The minimum absolute atomic E-state index is 0.0727. The molecule has 0 aliphatic rings. The molecule has 1 atom stereocenters. The van der Waals surface area contributed by atoms with E-state index in [2.05, 4.69) is 10.5 Å². The van der Waals surface area contributed by atoms with E-state index in [4.69, 9.17) is 9.63 Å². The average molecular weight is 240 g/mol. The van der Waals surface area contributed by atoms with Crippen molar-refractivity contribution in [2.24, 2.45) is 0 Å². The van der Waals surface area contributed by atoms with Crippen LogP contribution in [0.15, 0.2) is 16.7 Å². The number of benzene rings is 1. The molecule has 0 saturated heterocycles. The highest BCUT2D eigenvalue weighted by molar-refractivity contribution is 5.83. The van der Waals surface area contributed by atoms with Gasteiger partial charge in [-0.05, 0) is 13.0 Å². The number of fused-ring (bicyclic) bond motifs is 1. The standard InChI is InChI=1S/C11H13FN2O3/c1-6-8-2-10(13-4-7(16)5-15)9(12)3-11(8)17-14-6/h2-3,7,13,15-16H,4-5H2,1H3. The second-order valence-corrected chi connectivity index (χ2v) is 3.81. The Morgan fingerprint density at radius 2 is 2.29 bits per heavy atom. The van der Waals surface area contributed by atoms with Crippen LogP contribution in [-0.4, -0.2) is 34.6 Å².